The fraction of sp³-hybridized carbons (Fsp3) is 0.250. The van der Waals surface area contributed by atoms with Gasteiger partial charge in [-0.2, -0.15) is 0 Å². The Bertz CT molecular complexity index is 336. The molecule has 0 spiro atoms. The van der Waals surface area contributed by atoms with Gasteiger partial charge in [-0.25, -0.2) is 0 Å². The highest BCUT2D eigenvalue weighted by Crippen LogP contribution is 2.22. The standard InChI is InChI=1S/C8H8BrNO4/c9-7-2-1-6(14-7)5(10-4-11)3-8(12)13/h1-2,4-5H,3H2,(H,10,11)(H,12,13)/t5-/m0/s1. The number of hydrogen-bond donors (Lipinski definition) is 2. The van der Waals surface area contributed by atoms with Gasteiger partial charge in [-0.1, -0.05) is 0 Å². The normalized spacial score (nSPS) is 12.1. The van der Waals surface area contributed by atoms with E-state index in [1.165, 1.54) is 0 Å². The molecule has 1 atom stereocenters. The second-order valence-corrected chi connectivity index (χ2v) is 3.36. The lowest BCUT2D eigenvalue weighted by Crippen LogP contribution is -2.21. The van der Waals surface area contributed by atoms with Crippen molar-refractivity contribution in [2.24, 2.45) is 0 Å². The first-order valence-corrected chi connectivity index (χ1v) is 4.59. The number of hydrogen-bond acceptors (Lipinski definition) is 3. The Morgan fingerprint density at radius 1 is 1.71 bits per heavy atom. The predicted octanol–water partition coefficient (Wildman–Crippen LogP) is 1.30. The second kappa shape index (κ2) is 4.80. The fourth-order valence-corrected chi connectivity index (χ4v) is 1.33. The zero-order valence-electron chi connectivity index (χ0n) is 7.07. The fourth-order valence-electron chi connectivity index (χ4n) is 1.01. The predicted molar refractivity (Wildman–Crippen MR) is 50.6 cm³/mol. The number of carbonyl (C=O) groups excluding carboxylic acids is 1. The summed E-state index contributed by atoms with van der Waals surface area (Å²) in [7, 11) is 0. The molecule has 0 aromatic carbocycles. The zero-order valence-corrected chi connectivity index (χ0v) is 8.65. The summed E-state index contributed by atoms with van der Waals surface area (Å²) < 4.78 is 5.63. The Balaban J connectivity index is 2.76. The maximum Gasteiger partial charge on any atom is 0.305 e. The molecule has 14 heavy (non-hydrogen) atoms. The zero-order chi connectivity index (χ0) is 10.6. The van der Waals surface area contributed by atoms with Gasteiger partial charge in [0, 0.05) is 0 Å². The van der Waals surface area contributed by atoms with E-state index in [-0.39, 0.29) is 6.42 Å². The maximum absolute atomic E-state index is 10.5. The molecule has 0 saturated carbocycles. The molecule has 0 fully saturated rings. The highest BCUT2D eigenvalue weighted by atomic mass is 79.9. The van der Waals surface area contributed by atoms with Gasteiger partial charge < -0.3 is 14.8 Å². The van der Waals surface area contributed by atoms with E-state index < -0.39 is 12.0 Å². The molecule has 0 unspecified atom stereocenters. The molecule has 5 nitrogen and oxygen atoms in total. The summed E-state index contributed by atoms with van der Waals surface area (Å²) in [6, 6.07) is 2.61. The summed E-state index contributed by atoms with van der Waals surface area (Å²) in [5, 5.41) is 10.9. The Hall–Kier alpha value is -1.30. The summed E-state index contributed by atoms with van der Waals surface area (Å²) >= 11 is 3.09. The third kappa shape index (κ3) is 2.88. The highest BCUT2D eigenvalue weighted by molar-refractivity contribution is 9.10. The number of rotatable bonds is 5. The maximum atomic E-state index is 10.5. The van der Waals surface area contributed by atoms with Crippen molar-refractivity contribution < 1.29 is 19.1 Å². The lowest BCUT2D eigenvalue weighted by Gasteiger charge is -2.09. The molecular formula is C8H8BrNO4. The molecule has 0 aliphatic rings. The minimum atomic E-state index is -1.00. The van der Waals surface area contributed by atoms with E-state index in [9.17, 15) is 9.59 Å². The largest absolute Gasteiger partial charge is 0.481 e. The smallest absolute Gasteiger partial charge is 0.305 e. The van der Waals surface area contributed by atoms with Crippen molar-refractivity contribution in [2.45, 2.75) is 12.5 Å². The molecule has 0 aliphatic heterocycles. The summed E-state index contributed by atoms with van der Waals surface area (Å²) in [6.07, 6.45) is 0.239. The van der Waals surface area contributed by atoms with E-state index in [0.29, 0.717) is 16.8 Å². The third-order valence-corrected chi connectivity index (χ3v) is 2.01. The Kier molecular flexibility index (Phi) is 3.70. The third-order valence-electron chi connectivity index (χ3n) is 1.59. The molecule has 0 bridgehead atoms. The van der Waals surface area contributed by atoms with E-state index in [1.54, 1.807) is 12.1 Å². The van der Waals surface area contributed by atoms with E-state index in [1.807, 2.05) is 0 Å². The minimum absolute atomic E-state index is 0.210. The van der Waals surface area contributed by atoms with Gasteiger partial charge in [0.25, 0.3) is 0 Å². The van der Waals surface area contributed by atoms with Crippen molar-refractivity contribution in [3.8, 4) is 0 Å². The molecule has 0 radical (unpaired) electrons. The lowest BCUT2D eigenvalue weighted by atomic mass is 10.1. The van der Waals surface area contributed by atoms with Crippen molar-refractivity contribution in [3.63, 3.8) is 0 Å². The van der Waals surface area contributed by atoms with Gasteiger partial charge >= 0.3 is 5.97 Å². The van der Waals surface area contributed by atoms with Crippen LogP contribution in [0.15, 0.2) is 21.2 Å². The summed E-state index contributed by atoms with van der Waals surface area (Å²) in [6.45, 7) is 0. The van der Waals surface area contributed by atoms with Crippen molar-refractivity contribution in [1.82, 2.24) is 5.32 Å². The first kappa shape index (κ1) is 10.8. The summed E-state index contributed by atoms with van der Waals surface area (Å²) in [5.41, 5.74) is 0. The average molecular weight is 262 g/mol. The number of nitrogens with one attached hydrogen (secondary N) is 1. The average Bonchev–Trinajstić information content (AvgIpc) is 2.50. The monoisotopic (exact) mass is 261 g/mol. The van der Waals surface area contributed by atoms with Crippen molar-refractivity contribution in [2.75, 3.05) is 0 Å². The second-order valence-electron chi connectivity index (χ2n) is 2.58. The van der Waals surface area contributed by atoms with Gasteiger partial charge in [0.05, 0.1) is 12.5 Å². The SMILES string of the molecule is O=CN[C@@H](CC(=O)O)c1ccc(Br)o1. The van der Waals surface area contributed by atoms with Gasteiger partial charge in [0.2, 0.25) is 6.41 Å². The highest BCUT2D eigenvalue weighted by Gasteiger charge is 2.17. The van der Waals surface area contributed by atoms with E-state index in [0.717, 1.165) is 0 Å². The number of aliphatic carboxylic acids is 1. The van der Waals surface area contributed by atoms with Crippen molar-refractivity contribution >= 4 is 28.3 Å². The van der Waals surface area contributed by atoms with Gasteiger partial charge in [-0.05, 0) is 28.1 Å². The Morgan fingerprint density at radius 3 is 2.86 bits per heavy atom. The van der Waals surface area contributed by atoms with Crippen LogP contribution < -0.4 is 5.32 Å². The van der Waals surface area contributed by atoms with Crippen LogP contribution in [0.1, 0.15) is 18.2 Å². The molecule has 0 saturated heterocycles. The number of furan rings is 1. The van der Waals surface area contributed by atoms with Crippen LogP contribution in [0.2, 0.25) is 0 Å². The Morgan fingerprint density at radius 2 is 2.43 bits per heavy atom. The van der Waals surface area contributed by atoms with E-state index >= 15 is 0 Å². The molecule has 76 valence electrons. The number of halogens is 1. The van der Waals surface area contributed by atoms with Crippen molar-refractivity contribution in [1.29, 1.82) is 0 Å². The van der Waals surface area contributed by atoms with Crippen LogP contribution in [0.4, 0.5) is 0 Å². The van der Waals surface area contributed by atoms with Crippen LogP contribution in [0.25, 0.3) is 0 Å². The molecular weight excluding hydrogens is 254 g/mol. The van der Waals surface area contributed by atoms with Crippen LogP contribution in [0.5, 0.6) is 0 Å². The first-order valence-electron chi connectivity index (χ1n) is 3.80. The molecule has 1 heterocycles. The lowest BCUT2D eigenvalue weighted by molar-refractivity contribution is -0.137. The molecule has 1 amide bonds. The molecule has 0 aliphatic carbocycles. The summed E-state index contributed by atoms with van der Waals surface area (Å²) in [5.74, 6) is -0.594. The van der Waals surface area contributed by atoms with Crippen LogP contribution >= 0.6 is 15.9 Å². The first-order chi connectivity index (χ1) is 6.63. The number of carboxylic acid groups (broad SMARTS) is 1. The van der Waals surface area contributed by atoms with Gasteiger partial charge in [0.15, 0.2) is 4.67 Å². The van der Waals surface area contributed by atoms with Crippen LogP contribution in [-0.2, 0) is 9.59 Å². The molecule has 1 aromatic rings. The van der Waals surface area contributed by atoms with Gasteiger partial charge in [0.1, 0.15) is 5.76 Å². The van der Waals surface area contributed by atoms with E-state index in [4.69, 9.17) is 9.52 Å². The van der Waals surface area contributed by atoms with E-state index in [2.05, 4.69) is 21.2 Å². The molecule has 6 heteroatoms. The van der Waals surface area contributed by atoms with Crippen LogP contribution in [0.3, 0.4) is 0 Å². The quantitative estimate of drug-likeness (QED) is 0.784. The molecule has 1 aromatic heterocycles. The topological polar surface area (TPSA) is 79.5 Å². The Labute approximate surface area is 88.2 Å². The van der Waals surface area contributed by atoms with Crippen LogP contribution in [-0.4, -0.2) is 17.5 Å². The number of carboxylic acids is 1. The molecule has 1 rings (SSSR count). The molecule has 2 N–H and O–H groups in total. The minimum Gasteiger partial charge on any atom is -0.481 e. The van der Waals surface area contributed by atoms with Gasteiger partial charge in [-0.3, -0.25) is 9.59 Å². The van der Waals surface area contributed by atoms with Crippen LogP contribution in [0, 0.1) is 0 Å². The van der Waals surface area contributed by atoms with Gasteiger partial charge in [-0.15, -0.1) is 0 Å². The number of carbonyl (C=O) groups is 2. The van der Waals surface area contributed by atoms with Crippen molar-refractivity contribution in [3.05, 3.63) is 22.6 Å². The number of amides is 1. The summed E-state index contributed by atoms with van der Waals surface area (Å²) in [4.78, 5) is 20.7.